The standard InChI is InChI=1S/C17H20BrNO/c1-3-17(19-2)13-8-10-15(11-9-13)20-12-14-6-4-5-7-16(14)18/h4-11,17,19H,3,12H2,1-2H3. The van der Waals surface area contributed by atoms with Gasteiger partial charge in [0.1, 0.15) is 12.4 Å². The number of rotatable bonds is 6. The number of ether oxygens (including phenoxy) is 1. The van der Waals surface area contributed by atoms with Crippen molar-refractivity contribution in [2.75, 3.05) is 7.05 Å². The molecule has 1 unspecified atom stereocenters. The molecule has 0 aromatic heterocycles. The van der Waals surface area contributed by atoms with E-state index in [-0.39, 0.29) is 0 Å². The lowest BCUT2D eigenvalue weighted by Gasteiger charge is -2.15. The van der Waals surface area contributed by atoms with Crippen LogP contribution >= 0.6 is 15.9 Å². The minimum absolute atomic E-state index is 0.410. The van der Waals surface area contributed by atoms with E-state index in [1.165, 1.54) is 5.56 Å². The van der Waals surface area contributed by atoms with Gasteiger partial charge in [-0.05, 0) is 37.2 Å². The monoisotopic (exact) mass is 333 g/mol. The molecule has 2 nitrogen and oxygen atoms in total. The van der Waals surface area contributed by atoms with Crippen molar-refractivity contribution in [3.05, 3.63) is 64.1 Å². The largest absolute Gasteiger partial charge is 0.489 e. The molecule has 0 spiro atoms. The zero-order valence-corrected chi connectivity index (χ0v) is 13.5. The van der Waals surface area contributed by atoms with E-state index in [1.807, 2.05) is 37.4 Å². The van der Waals surface area contributed by atoms with Crippen molar-refractivity contribution in [1.29, 1.82) is 0 Å². The highest BCUT2D eigenvalue weighted by atomic mass is 79.9. The van der Waals surface area contributed by atoms with Gasteiger partial charge in [0, 0.05) is 16.1 Å². The summed E-state index contributed by atoms with van der Waals surface area (Å²) in [6, 6.07) is 16.8. The lowest BCUT2D eigenvalue weighted by molar-refractivity contribution is 0.305. The van der Waals surface area contributed by atoms with Crippen LogP contribution in [0.15, 0.2) is 53.0 Å². The third-order valence-corrected chi connectivity index (χ3v) is 4.16. The van der Waals surface area contributed by atoms with Crippen LogP contribution in [0.5, 0.6) is 5.75 Å². The Labute approximate surface area is 129 Å². The van der Waals surface area contributed by atoms with Gasteiger partial charge in [0.15, 0.2) is 0 Å². The molecule has 0 bridgehead atoms. The van der Waals surface area contributed by atoms with Gasteiger partial charge in [0.25, 0.3) is 0 Å². The second-order valence-corrected chi connectivity index (χ2v) is 5.55. The van der Waals surface area contributed by atoms with Crippen molar-refractivity contribution < 1.29 is 4.74 Å². The highest BCUT2D eigenvalue weighted by Crippen LogP contribution is 2.22. The average molecular weight is 334 g/mol. The summed E-state index contributed by atoms with van der Waals surface area (Å²) in [5.41, 5.74) is 2.45. The Hall–Kier alpha value is -1.32. The second-order valence-electron chi connectivity index (χ2n) is 4.70. The molecule has 106 valence electrons. The van der Waals surface area contributed by atoms with Gasteiger partial charge in [-0.25, -0.2) is 0 Å². The highest BCUT2D eigenvalue weighted by molar-refractivity contribution is 9.10. The Bertz CT molecular complexity index is 535. The van der Waals surface area contributed by atoms with Gasteiger partial charge < -0.3 is 10.1 Å². The van der Waals surface area contributed by atoms with E-state index in [9.17, 15) is 0 Å². The Balaban J connectivity index is 1.99. The summed E-state index contributed by atoms with van der Waals surface area (Å²) >= 11 is 3.53. The zero-order valence-electron chi connectivity index (χ0n) is 11.9. The molecular weight excluding hydrogens is 314 g/mol. The molecule has 0 aliphatic rings. The minimum Gasteiger partial charge on any atom is -0.489 e. The van der Waals surface area contributed by atoms with E-state index in [0.29, 0.717) is 12.6 Å². The summed E-state index contributed by atoms with van der Waals surface area (Å²) in [7, 11) is 1.99. The lowest BCUT2D eigenvalue weighted by atomic mass is 10.0. The summed E-state index contributed by atoms with van der Waals surface area (Å²) in [4.78, 5) is 0. The van der Waals surface area contributed by atoms with Crippen LogP contribution in [0.25, 0.3) is 0 Å². The first-order valence-corrected chi connectivity index (χ1v) is 7.67. The maximum Gasteiger partial charge on any atom is 0.119 e. The predicted molar refractivity (Wildman–Crippen MR) is 87.0 cm³/mol. The number of benzene rings is 2. The van der Waals surface area contributed by atoms with Crippen LogP contribution in [0.2, 0.25) is 0 Å². The Morgan fingerprint density at radius 1 is 1.10 bits per heavy atom. The number of hydrogen-bond donors (Lipinski definition) is 1. The molecule has 0 aliphatic carbocycles. The smallest absolute Gasteiger partial charge is 0.119 e. The molecule has 1 atom stereocenters. The third-order valence-electron chi connectivity index (χ3n) is 3.39. The predicted octanol–water partition coefficient (Wildman–Crippen LogP) is 4.70. The Kier molecular flexibility index (Phi) is 5.62. The molecule has 20 heavy (non-hydrogen) atoms. The van der Waals surface area contributed by atoms with Crippen LogP contribution in [-0.4, -0.2) is 7.05 Å². The van der Waals surface area contributed by atoms with Crippen molar-refractivity contribution >= 4 is 15.9 Å². The first-order chi connectivity index (χ1) is 9.74. The molecule has 2 aromatic carbocycles. The van der Waals surface area contributed by atoms with Crippen molar-refractivity contribution in [2.45, 2.75) is 26.0 Å². The molecule has 0 saturated carbocycles. The van der Waals surface area contributed by atoms with Crippen LogP contribution in [-0.2, 0) is 6.61 Å². The van der Waals surface area contributed by atoms with Gasteiger partial charge in [-0.2, -0.15) is 0 Å². The fraction of sp³-hybridized carbons (Fsp3) is 0.294. The lowest BCUT2D eigenvalue weighted by Crippen LogP contribution is -2.14. The molecule has 0 heterocycles. The van der Waals surface area contributed by atoms with Crippen molar-refractivity contribution in [3.63, 3.8) is 0 Å². The molecular formula is C17H20BrNO. The minimum atomic E-state index is 0.410. The molecule has 0 aliphatic heterocycles. The van der Waals surface area contributed by atoms with Gasteiger partial charge in [-0.1, -0.05) is 53.2 Å². The molecule has 0 fully saturated rings. The number of halogens is 1. The van der Waals surface area contributed by atoms with Crippen LogP contribution in [0.3, 0.4) is 0 Å². The summed E-state index contributed by atoms with van der Waals surface area (Å²) in [5.74, 6) is 0.899. The molecule has 2 rings (SSSR count). The maximum absolute atomic E-state index is 5.82. The quantitative estimate of drug-likeness (QED) is 0.827. The number of nitrogens with one attached hydrogen (secondary N) is 1. The molecule has 0 radical (unpaired) electrons. The second kappa shape index (κ2) is 7.46. The zero-order chi connectivity index (χ0) is 14.4. The van der Waals surface area contributed by atoms with Gasteiger partial charge in [-0.3, -0.25) is 0 Å². The van der Waals surface area contributed by atoms with Crippen LogP contribution < -0.4 is 10.1 Å². The van der Waals surface area contributed by atoms with Gasteiger partial charge >= 0.3 is 0 Å². The average Bonchev–Trinajstić information content (AvgIpc) is 2.49. The van der Waals surface area contributed by atoms with E-state index in [0.717, 1.165) is 22.2 Å². The molecule has 0 saturated heterocycles. The fourth-order valence-corrected chi connectivity index (χ4v) is 2.58. The molecule has 3 heteroatoms. The maximum atomic E-state index is 5.82. The molecule has 1 N–H and O–H groups in total. The summed E-state index contributed by atoms with van der Waals surface area (Å²) < 4.78 is 6.91. The van der Waals surface area contributed by atoms with E-state index >= 15 is 0 Å². The highest BCUT2D eigenvalue weighted by Gasteiger charge is 2.06. The summed E-state index contributed by atoms with van der Waals surface area (Å²) in [5, 5.41) is 3.31. The van der Waals surface area contributed by atoms with Crippen LogP contribution in [0.4, 0.5) is 0 Å². The van der Waals surface area contributed by atoms with E-state index < -0.39 is 0 Å². The fourth-order valence-electron chi connectivity index (χ4n) is 2.18. The number of hydrogen-bond acceptors (Lipinski definition) is 2. The molecule has 2 aromatic rings. The SMILES string of the molecule is CCC(NC)c1ccc(OCc2ccccc2Br)cc1. The van der Waals surface area contributed by atoms with Gasteiger partial charge in [0.2, 0.25) is 0 Å². The first-order valence-electron chi connectivity index (χ1n) is 6.88. The first kappa shape index (κ1) is 15.1. The van der Waals surface area contributed by atoms with Gasteiger partial charge in [-0.15, -0.1) is 0 Å². The van der Waals surface area contributed by atoms with Gasteiger partial charge in [0.05, 0.1) is 0 Å². The Morgan fingerprint density at radius 2 is 1.80 bits per heavy atom. The van der Waals surface area contributed by atoms with E-state index in [2.05, 4.69) is 46.4 Å². The van der Waals surface area contributed by atoms with Crippen LogP contribution in [0.1, 0.15) is 30.5 Å². The summed E-state index contributed by atoms with van der Waals surface area (Å²) in [6.07, 6.45) is 1.08. The molecule has 0 amide bonds. The van der Waals surface area contributed by atoms with E-state index in [1.54, 1.807) is 0 Å². The normalized spacial score (nSPS) is 12.2. The van der Waals surface area contributed by atoms with Crippen molar-refractivity contribution in [2.24, 2.45) is 0 Å². The van der Waals surface area contributed by atoms with Crippen molar-refractivity contribution in [3.8, 4) is 5.75 Å². The third kappa shape index (κ3) is 3.84. The topological polar surface area (TPSA) is 21.3 Å². The van der Waals surface area contributed by atoms with E-state index in [4.69, 9.17) is 4.74 Å². The Morgan fingerprint density at radius 3 is 2.40 bits per heavy atom. The van der Waals surface area contributed by atoms with Crippen LogP contribution in [0, 0.1) is 0 Å². The van der Waals surface area contributed by atoms with Crippen molar-refractivity contribution in [1.82, 2.24) is 5.32 Å². The summed E-state index contributed by atoms with van der Waals surface area (Å²) in [6.45, 7) is 2.75.